The molecule has 0 saturated heterocycles. The number of benzene rings is 4. The highest BCUT2D eigenvalue weighted by Crippen LogP contribution is 2.35. The van der Waals surface area contributed by atoms with Crippen LogP contribution in [0.5, 0.6) is 0 Å². The standard InChI is InChI=1S/C31H23Cl2N5O2/c32-25-12-11-18(13-26(25)33)24(16-34)31(39)38-20-6-3-5-19(14-20)37-29-15-27(35-17-36-29)23-9-4-8-22-21-7-1-2-10-28(21)40-30(22)23/h1-15,17,24H,16,34H2,(H,38,39)(H,35,36,37). The number of carbonyl (C=O) groups is 1. The average molecular weight is 568 g/mol. The molecule has 1 unspecified atom stereocenters. The Bertz CT molecular complexity index is 1870. The van der Waals surface area contributed by atoms with Crippen molar-refractivity contribution in [1.82, 2.24) is 9.97 Å². The Labute approximate surface area is 240 Å². The summed E-state index contributed by atoms with van der Waals surface area (Å²) in [5.41, 5.74) is 11.2. The normalized spacial score (nSPS) is 12.0. The molecule has 0 fully saturated rings. The zero-order chi connectivity index (χ0) is 27.6. The van der Waals surface area contributed by atoms with Crippen molar-refractivity contribution in [3.8, 4) is 11.3 Å². The maximum atomic E-state index is 13.1. The second kappa shape index (κ2) is 11.0. The van der Waals surface area contributed by atoms with E-state index < -0.39 is 5.92 Å². The summed E-state index contributed by atoms with van der Waals surface area (Å²) < 4.78 is 6.18. The summed E-state index contributed by atoms with van der Waals surface area (Å²) >= 11 is 12.2. The van der Waals surface area contributed by atoms with Crippen molar-refractivity contribution < 1.29 is 9.21 Å². The van der Waals surface area contributed by atoms with Crippen LogP contribution in [0.1, 0.15) is 11.5 Å². The first-order chi connectivity index (χ1) is 19.5. The van der Waals surface area contributed by atoms with Gasteiger partial charge in [0.2, 0.25) is 5.91 Å². The topological polar surface area (TPSA) is 106 Å². The van der Waals surface area contributed by atoms with Crippen LogP contribution in [0.25, 0.3) is 33.2 Å². The van der Waals surface area contributed by atoms with E-state index in [1.54, 1.807) is 24.3 Å². The van der Waals surface area contributed by atoms with Gasteiger partial charge < -0.3 is 20.8 Å². The number of nitrogens with zero attached hydrogens (tertiary/aromatic N) is 2. The predicted molar refractivity (Wildman–Crippen MR) is 161 cm³/mol. The number of halogens is 2. The van der Waals surface area contributed by atoms with Crippen molar-refractivity contribution in [2.24, 2.45) is 5.73 Å². The second-order valence-electron chi connectivity index (χ2n) is 9.23. The van der Waals surface area contributed by atoms with Crippen molar-refractivity contribution in [3.05, 3.63) is 113 Å². The number of nitrogens with one attached hydrogen (secondary N) is 2. The van der Waals surface area contributed by atoms with Gasteiger partial charge in [-0.3, -0.25) is 4.79 Å². The van der Waals surface area contributed by atoms with Crippen LogP contribution in [0.4, 0.5) is 17.2 Å². The molecule has 0 spiro atoms. The molecule has 9 heteroatoms. The SMILES string of the molecule is NCC(C(=O)Nc1cccc(Nc2cc(-c3cccc4c3oc3ccccc34)ncn2)c1)c1ccc(Cl)c(Cl)c1. The van der Waals surface area contributed by atoms with Gasteiger partial charge in [0, 0.05) is 40.3 Å². The molecule has 0 saturated carbocycles. The molecule has 2 heterocycles. The number of hydrogen-bond donors (Lipinski definition) is 3. The van der Waals surface area contributed by atoms with Crippen molar-refractivity contribution >= 4 is 68.2 Å². The van der Waals surface area contributed by atoms with E-state index in [0.717, 1.165) is 38.9 Å². The lowest BCUT2D eigenvalue weighted by molar-refractivity contribution is -0.117. The van der Waals surface area contributed by atoms with E-state index in [1.807, 2.05) is 66.7 Å². The summed E-state index contributed by atoms with van der Waals surface area (Å²) in [5, 5.41) is 9.12. The van der Waals surface area contributed by atoms with Crippen LogP contribution in [0.3, 0.4) is 0 Å². The van der Waals surface area contributed by atoms with E-state index in [2.05, 4.69) is 20.6 Å². The third-order valence-electron chi connectivity index (χ3n) is 6.65. The van der Waals surface area contributed by atoms with E-state index in [-0.39, 0.29) is 12.5 Å². The highest BCUT2D eigenvalue weighted by Gasteiger charge is 2.20. The fourth-order valence-corrected chi connectivity index (χ4v) is 5.00. The molecular formula is C31H23Cl2N5O2. The number of carbonyl (C=O) groups excluding carboxylic acids is 1. The van der Waals surface area contributed by atoms with E-state index in [1.165, 1.54) is 6.33 Å². The molecule has 0 bridgehead atoms. The van der Waals surface area contributed by atoms with Crippen LogP contribution in [-0.2, 0) is 4.79 Å². The second-order valence-corrected chi connectivity index (χ2v) is 10.0. The first-order valence-electron chi connectivity index (χ1n) is 12.6. The molecule has 0 aliphatic heterocycles. The molecule has 1 atom stereocenters. The molecule has 7 nitrogen and oxygen atoms in total. The summed E-state index contributed by atoms with van der Waals surface area (Å²) in [5.74, 6) is -0.240. The monoisotopic (exact) mass is 567 g/mol. The van der Waals surface area contributed by atoms with Gasteiger partial charge in [-0.05, 0) is 48.0 Å². The number of rotatable bonds is 7. The molecule has 6 aromatic rings. The molecule has 4 N–H and O–H groups in total. The van der Waals surface area contributed by atoms with E-state index in [0.29, 0.717) is 27.1 Å². The number of para-hydroxylation sites is 2. The Morgan fingerprint density at radius 2 is 1.65 bits per heavy atom. The summed E-state index contributed by atoms with van der Waals surface area (Å²) in [6, 6.07) is 28.3. The van der Waals surface area contributed by atoms with Gasteiger partial charge in [0.05, 0.1) is 21.7 Å². The number of furan rings is 1. The van der Waals surface area contributed by atoms with Crippen LogP contribution < -0.4 is 16.4 Å². The quantitative estimate of drug-likeness (QED) is 0.182. The van der Waals surface area contributed by atoms with E-state index >= 15 is 0 Å². The highest BCUT2D eigenvalue weighted by molar-refractivity contribution is 6.42. The minimum atomic E-state index is -0.586. The summed E-state index contributed by atoms with van der Waals surface area (Å²) in [6.07, 6.45) is 1.51. The number of amides is 1. The fourth-order valence-electron chi connectivity index (χ4n) is 4.70. The molecule has 4 aromatic carbocycles. The molecule has 1 amide bonds. The average Bonchev–Trinajstić information content (AvgIpc) is 3.35. The molecule has 2 aromatic heterocycles. The summed E-state index contributed by atoms with van der Waals surface area (Å²) in [6.45, 7) is 0.115. The maximum absolute atomic E-state index is 13.1. The Morgan fingerprint density at radius 1 is 0.850 bits per heavy atom. The zero-order valence-electron chi connectivity index (χ0n) is 21.1. The number of anilines is 3. The number of hydrogen-bond acceptors (Lipinski definition) is 6. The molecule has 198 valence electrons. The van der Waals surface area contributed by atoms with Crippen LogP contribution in [0.15, 0.2) is 102 Å². The number of aromatic nitrogens is 2. The van der Waals surface area contributed by atoms with Crippen molar-refractivity contribution in [1.29, 1.82) is 0 Å². The van der Waals surface area contributed by atoms with Crippen molar-refractivity contribution in [3.63, 3.8) is 0 Å². The molecular weight excluding hydrogens is 545 g/mol. The van der Waals surface area contributed by atoms with Gasteiger partial charge in [0.1, 0.15) is 23.3 Å². The van der Waals surface area contributed by atoms with Gasteiger partial charge in [-0.25, -0.2) is 9.97 Å². The maximum Gasteiger partial charge on any atom is 0.233 e. The van der Waals surface area contributed by atoms with Crippen molar-refractivity contribution in [2.75, 3.05) is 17.2 Å². The lowest BCUT2D eigenvalue weighted by Crippen LogP contribution is -2.27. The number of nitrogens with two attached hydrogens (primary N) is 1. The lowest BCUT2D eigenvalue weighted by Gasteiger charge is -2.16. The van der Waals surface area contributed by atoms with E-state index in [9.17, 15) is 4.79 Å². The number of fused-ring (bicyclic) bond motifs is 3. The van der Waals surface area contributed by atoms with Crippen LogP contribution in [0, 0.1) is 0 Å². The van der Waals surface area contributed by atoms with Crippen LogP contribution in [0.2, 0.25) is 10.0 Å². The summed E-state index contributed by atoms with van der Waals surface area (Å²) in [7, 11) is 0. The minimum absolute atomic E-state index is 0.115. The molecule has 0 radical (unpaired) electrons. The molecule has 40 heavy (non-hydrogen) atoms. The Kier molecular flexibility index (Phi) is 7.09. The van der Waals surface area contributed by atoms with Gasteiger partial charge in [-0.15, -0.1) is 0 Å². The Balaban J connectivity index is 1.23. The molecule has 0 aliphatic rings. The fraction of sp³-hybridized carbons (Fsp3) is 0.0645. The Morgan fingerprint density at radius 3 is 2.50 bits per heavy atom. The third kappa shape index (κ3) is 5.10. The Hall–Kier alpha value is -4.43. The largest absolute Gasteiger partial charge is 0.455 e. The van der Waals surface area contributed by atoms with Crippen LogP contribution in [-0.4, -0.2) is 22.4 Å². The minimum Gasteiger partial charge on any atom is -0.455 e. The van der Waals surface area contributed by atoms with Gasteiger partial charge in [0.15, 0.2) is 0 Å². The zero-order valence-corrected chi connectivity index (χ0v) is 22.6. The van der Waals surface area contributed by atoms with Gasteiger partial charge in [-0.1, -0.05) is 65.7 Å². The third-order valence-corrected chi connectivity index (χ3v) is 7.39. The van der Waals surface area contributed by atoms with Gasteiger partial charge in [0.25, 0.3) is 0 Å². The molecule has 6 rings (SSSR count). The predicted octanol–water partition coefficient (Wildman–Crippen LogP) is 7.77. The van der Waals surface area contributed by atoms with Crippen LogP contribution >= 0.6 is 23.2 Å². The van der Waals surface area contributed by atoms with E-state index in [4.69, 9.17) is 33.4 Å². The van der Waals surface area contributed by atoms with Crippen molar-refractivity contribution in [2.45, 2.75) is 5.92 Å². The highest BCUT2D eigenvalue weighted by atomic mass is 35.5. The van der Waals surface area contributed by atoms with Gasteiger partial charge >= 0.3 is 0 Å². The molecule has 0 aliphatic carbocycles. The lowest BCUT2D eigenvalue weighted by atomic mass is 9.98. The summed E-state index contributed by atoms with van der Waals surface area (Å²) in [4.78, 5) is 22.0. The first kappa shape index (κ1) is 25.8. The van der Waals surface area contributed by atoms with Gasteiger partial charge in [-0.2, -0.15) is 0 Å². The first-order valence-corrected chi connectivity index (χ1v) is 13.3. The smallest absolute Gasteiger partial charge is 0.233 e.